The van der Waals surface area contributed by atoms with Gasteiger partial charge in [0.1, 0.15) is 11.5 Å². The zero-order valence-corrected chi connectivity index (χ0v) is 14.3. The molecule has 124 valence electrons. The Morgan fingerprint density at radius 3 is 2.71 bits per heavy atom. The van der Waals surface area contributed by atoms with Crippen molar-refractivity contribution < 1.29 is 14.3 Å². The van der Waals surface area contributed by atoms with Crippen molar-refractivity contribution in [2.24, 2.45) is 0 Å². The van der Waals surface area contributed by atoms with Crippen LogP contribution >= 0.6 is 11.3 Å². The number of fused-ring (bicyclic) bond motifs is 1. The number of benzene rings is 2. The maximum absolute atomic E-state index is 12.5. The predicted octanol–water partition coefficient (Wildman–Crippen LogP) is 4.10. The van der Waals surface area contributed by atoms with Gasteiger partial charge in [-0.2, -0.15) is 0 Å². The van der Waals surface area contributed by atoms with Gasteiger partial charge in [0, 0.05) is 0 Å². The minimum atomic E-state index is -0.561. The largest absolute Gasteiger partial charge is 0.497 e. The quantitative estimate of drug-likeness (QED) is 0.732. The molecule has 0 saturated heterocycles. The number of para-hydroxylation sites is 1. The van der Waals surface area contributed by atoms with Crippen LogP contribution in [0.15, 0.2) is 48.5 Å². The van der Waals surface area contributed by atoms with Gasteiger partial charge >= 0.3 is 0 Å². The van der Waals surface area contributed by atoms with E-state index < -0.39 is 6.10 Å². The number of carbonyl (C=O) groups is 1. The smallest absolute Gasteiger partial charge is 0.267 e. The highest BCUT2D eigenvalue weighted by molar-refractivity contribution is 7.22. The van der Waals surface area contributed by atoms with Crippen molar-refractivity contribution in [2.45, 2.75) is 19.4 Å². The van der Waals surface area contributed by atoms with Gasteiger partial charge < -0.3 is 9.47 Å². The first-order valence-corrected chi connectivity index (χ1v) is 8.48. The van der Waals surface area contributed by atoms with E-state index in [2.05, 4.69) is 10.3 Å². The number of anilines is 1. The molecule has 0 aliphatic rings. The van der Waals surface area contributed by atoms with E-state index in [1.165, 1.54) is 11.3 Å². The van der Waals surface area contributed by atoms with Gasteiger partial charge in [-0.15, -0.1) is 0 Å². The number of amides is 1. The third-order valence-corrected chi connectivity index (χ3v) is 4.44. The predicted molar refractivity (Wildman–Crippen MR) is 96.0 cm³/mol. The number of rotatable bonds is 6. The minimum absolute atomic E-state index is 0.202. The number of hydrogen-bond acceptors (Lipinski definition) is 5. The highest BCUT2D eigenvalue weighted by Gasteiger charge is 2.20. The molecule has 0 fully saturated rings. The van der Waals surface area contributed by atoms with E-state index >= 15 is 0 Å². The Morgan fingerprint density at radius 2 is 2.00 bits per heavy atom. The Balaban J connectivity index is 1.72. The molecule has 3 aromatic rings. The molecular weight excluding hydrogens is 324 g/mol. The highest BCUT2D eigenvalue weighted by atomic mass is 32.1. The average molecular weight is 342 g/mol. The number of nitrogens with zero attached hydrogens (tertiary/aromatic N) is 1. The first-order chi connectivity index (χ1) is 11.7. The lowest BCUT2D eigenvalue weighted by molar-refractivity contribution is -0.122. The van der Waals surface area contributed by atoms with Crippen LogP contribution in [-0.4, -0.2) is 24.1 Å². The maximum atomic E-state index is 12.5. The Morgan fingerprint density at radius 1 is 1.21 bits per heavy atom. The fraction of sp³-hybridized carbons (Fsp3) is 0.222. The average Bonchev–Trinajstić information content (AvgIpc) is 3.01. The molecule has 0 saturated carbocycles. The van der Waals surface area contributed by atoms with E-state index in [4.69, 9.17) is 9.47 Å². The second kappa shape index (κ2) is 7.31. The summed E-state index contributed by atoms with van der Waals surface area (Å²) in [6.07, 6.45) is 0.00774. The Bertz CT molecular complexity index is 833. The van der Waals surface area contributed by atoms with Gasteiger partial charge in [0.05, 0.1) is 17.3 Å². The second-order valence-corrected chi connectivity index (χ2v) is 6.20. The van der Waals surface area contributed by atoms with Crippen LogP contribution in [-0.2, 0) is 4.79 Å². The van der Waals surface area contributed by atoms with E-state index in [1.54, 1.807) is 7.11 Å². The van der Waals surface area contributed by atoms with Crippen molar-refractivity contribution in [3.8, 4) is 11.5 Å². The molecule has 2 aromatic carbocycles. The molecule has 0 radical (unpaired) electrons. The van der Waals surface area contributed by atoms with Crippen molar-refractivity contribution in [3.05, 3.63) is 48.5 Å². The first-order valence-electron chi connectivity index (χ1n) is 7.66. The number of nitrogens with one attached hydrogen (secondary N) is 1. The first kappa shape index (κ1) is 16.3. The van der Waals surface area contributed by atoms with Gasteiger partial charge in [-0.05, 0) is 36.8 Å². The fourth-order valence-electron chi connectivity index (χ4n) is 2.26. The summed E-state index contributed by atoms with van der Waals surface area (Å²) in [4.78, 5) is 16.9. The number of carbonyl (C=O) groups excluding carboxylic acids is 1. The lowest BCUT2D eigenvalue weighted by Gasteiger charge is -2.16. The van der Waals surface area contributed by atoms with Crippen molar-refractivity contribution in [2.75, 3.05) is 12.4 Å². The Hall–Kier alpha value is -2.60. The van der Waals surface area contributed by atoms with Crippen LogP contribution in [0.5, 0.6) is 11.5 Å². The van der Waals surface area contributed by atoms with Crippen molar-refractivity contribution in [1.82, 2.24) is 4.98 Å². The number of thiazole rings is 1. The van der Waals surface area contributed by atoms with Crippen molar-refractivity contribution in [1.29, 1.82) is 0 Å². The van der Waals surface area contributed by atoms with Gasteiger partial charge in [0.2, 0.25) is 0 Å². The monoisotopic (exact) mass is 342 g/mol. The zero-order chi connectivity index (χ0) is 16.9. The molecule has 1 atom stereocenters. The third kappa shape index (κ3) is 3.65. The number of ether oxygens (including phenoxy) is 2. The molecule has 5 nitrogen and oxygen atoms in total. The van der Waals surface area contributed by atoms with E-state index in [0.717, 1.165) is 16.0 Å². The van der Waals surface area contributed by atoms with Gasteiger partial charge in [0.25, 0.3) is 5.91 Å². The summed E-state index contributed by atoms with van der Waals surface area (Å²) in [5, 5.41) is 3.40. The van der Waals surface area contributed by atoms with Crippen molar-refractivity contribution >= 4 is 32.6 Å². The van der Waals surface area contributed by atoms with Crippen LogP contribution in [0.2, 0.25) is 0 Å². The lowest BCUT2D eigenvalue weighted by atomic mass is 10.2. The fourth-order valence-corrected chi connectivity index (χ4v) is 3.15. The van der Waals surface area contributed by atoms with Crippen LogP contribution in [0.1, 0.15) is 13.3 Å². The molecule has 0 aliphatic carbocycles. The van der Waals surface area contributed by atoms with Crippen LogP contribution in [0.25, 0.3) is 10.2 Å². The van der Waals surface area contributed by atoms with Crippen LogP contribution < -0.4 is 14.8 Å². The zero-order valence-electron chi connectivity index (χ0n) is 13.5. The molecule has 1 amide bonds. The van der Waals surface area contributed by atoms with E-state index in [0.29, 0.717) is 17.3 Å². The molecule has 1 heterocycles. The summed E-state index contributed by atoms with van der Waals surface area (Å²) in [5.74, 6) is 1.24. The molecule has 0 spiro atoms. The highest BCUT2D eigenvalue weighted by Crippen LogP contribution is 2.29. The molecule has 1 aromatic heterocycles. The van der Waals surface area contributed by atoms with Crippen molar-refractivity contribution in [3.63, 3.8) is 0 Å². The summed E-state index contributed by atoms with van der Waals surface area (Å²) in [5.41, 5.74) is 0.827. The Labute approximate surface area is 144 Å². The summed E-state index contributed by atoms with van der Waals surface area (Å²) in [6, 6.07) is 14.9. The minimum Gasteiger partial charge on any atom is -0.497 e. The SMILES string of the molecule is CCC(Oc1ccccc1)C(=O)Nc1nc2ccc(OC)cc2s1. The number of hydrogen-bond donors (Lipinski definition) is 1. The maximum Gasteiger partial charge on any atom is 0.267 e. The van der Waals surface area contributed by atoms with Crippen LogP contribution in [0, 0.1) is 0 Å². The molecule has 6 heteroatoms. The third-order valence-electron chi connectivity index (χ3n) is 3.51. The lowest BCUT2D eigenvalue weighted by Crippen LogP contribution is -2.32. The standard InChI is InChI=1S/C18H18N2O3S/c1-3-15(23-12-7-5-4-6-8-12)17(21)20-18-19-14-10-9-13(22-2)11-16(14)24-18/h4-11,15H,3H2,1-2H3,(H,19,20,21). The molecular formula is C18H18N2O3S. The summed E-state index contributed by atoms with van der Waals surface area (Å²) in [6.45, 7) is 1.91. The van der Waals surface area contributed by atoms with Gasteiger partial charge in [-0.25, -0.2) is 4.98 Å². The van der Waals surface area contributed by atoms with Gasteiger partial charge in [-0.3, -0.25) is 10.1 Å². The van der Waals surface area contributed by atoms with Gasteiger partial charge in [0.15, 0.2) is 11.2 Å². The number of aromatic nitrogens is 1. The summed E-state index contributed by atoms with van der Waals surface area (Å²) in [7, 11) is 1.62. The molecule has 24 heavy (non-hydrogen) atoms. The normalized spacial score (nSPS) is 11.9. The Kier molecular flexibility index (Phi) is 4.96. The summed E-state index contributed by atoms with van der Waals surface area (Å²) >= 11 is 1.41. The topological polar surface area (TPSA) is 60.5 Å². The van der Waals surface area contributed by atoms with E-state index in [-0.39, 0.29) is 5.91 Å². The van der Waals surface area contributed by atoms with Crippen LogP contribution in [0.3, 0.4) is 0 Å². The van der Waals surface area contributed by atoms with Crippen LogP contribution in [0.4, 0.5) is 5.13 Å². The second-order valence-electron chi connectivity index (χ2n) is 5.17. The summed E-state index contributed by atoms with van der Waals surface area (Å²) < 4.78 is 11.9. The van der Waals surface area contributed by atoms with E-state index in [9.17, 15) is 4.79 Å². The number of methoxy groups -OCH3 is 1. The molecule has 1 N–H and O–H groups in total. The molecule has 0 bridgehead atoms. The molecule has 1 unspecified atom stereocenters. The van der Waals surface area contributed by atoms with E-state index in [1.807, 2.05) is 55.5 Å². The molecule has 0 aliphatic heterocycles. The molecule has 3 rings (SSSR count). The van der Waals surface area contributed by atoms with Gasteiger partial charge in [-0.1, -0.05) is 36.5 Å².